The van der Waals surface area contributed by atoms with E-state index in [-0.39, 0.29) is 6.10 Å². The molecule has 0 aromatic carbocycles. The zero-order valence-electron chi connectivity index (χ0n) is 20.8. The first-order valence-corrected chi connectivity index (χ1v) is 13.2. The molecule has 170 valence electrons. The van der Waals surface area contributed by atoms with Gasteiger partial charge in [-0.05, 0) is 117 Å². The van der Waals surface area contributed by atoms with Crippen LogP contribution in [0.15, 0.2) is 23.3 Å². The smallest absolute Gasteiger partial charge is 0.0569 e. The standard InChI is InChI=1S/C29H48O/c1-18(2)19(3)8-9-20(4)23-12-13-25-22-10-11-24-21(5)27(30)15-17-29(24,7)26(22)14-16-28(23,25)6/h19-21,23-25,27,30H,1,8-17H2,2-7H3/t19?,20-,21+,23-,24+,25+,27+,28-,29+/m1/s1. The van der Waals surface area contributed by atoms with Crippen LogP contribution in [0.4, 0.5) is 0 Å². The molecule has 1 unspecified atom stereocenters. The summed E-state index contributed by atoms with van der Waals surface area (Å²) < 4.78 is 0. The molecule has 0 aliphatic heterocycles. The van der Waals surface area contributed by atoms with E-state index in [9.17, 15) is 5.11 Å². The van der Waals surface area contributed by atoms with Crippen LogP contribution in [0.25, 0.3) is 0 Å². The Bertz CT molecular complexity index is 703. The van der Waals surface area contributed by atoms with Crippen molar-refractivity contribution in [3.05, 3.63) is 23.3 Å². The fraction of sp³-hybridized carbons (Fsp3) is 0.862. The Morgan fingerprint density at radius 1 is 1.07 bits per heavy atom. The number of hydrogen-bond acceptors (Lipinski definition) is 1. The van der Waals surface area contributed by atoms with E-state index in [1.165, 1.54) is 63.4 Å². The van der Waals surface area contributed by atoms with E-state index in [4.69, 9.17) is 0 Å². The van der Waals surface area contributed by atoms with Crippen molar-refractivity contribution in [2.24, 2.45) is 46.3 Å². The maximum absolute atomic E-state index is 10.5. The topological polar surface area (TPSA) is 20.2 Å². The largest absolute Gasteiger partial charge is 0.393 e. The summed E-state index contributed by atoms with van der Waals surface area (Å²) in [6, 6.07) is 0. The van der Waals surface area contributed by atoms with Gasteiger partial charge in [-0.25, -0.2) is 0 Å². The van der Waals surface area contributed by atoms with E-state index in [2.05, 4.69) is 48.1 Å². The molecule has 2 fully saturated rings. The lowest BCUT2D eigenvalue weighted by Gasteiger charge is -2.56. The molecule has 0 aromatic rings. The number of aliphatic hydroxyl groups excluding tert-OH is 1. The van der Waals surface area contributed by atoms with Gasteiger partial charge in [-0.1, -0.05) is 57.9 Å². The lowest BCUT2D eigenvalue weighted by Crippen LogP contribution is -2.49. The summed E-state index contributed by atoms with van der Waals surface area (Å²) in [7, 11) is 0. The molecule has 0 aromatic heterocycles. The van der Waals surface area contributed by atoms with Crippen molar-refractivity contribution in [1.82, 2.24) is 0 Å². The zero-order valence-corrected chi connectivity index (χ0v) is 20.8. The second kappa shape index (κ2) is 8.09. The van der Waals surface area contributed by atoms with Crippen LogP contribution in [0.1, 0.15) is 106 Å². The van der Waals surface area contributed by atoms with Crippen LogP contribution in [0.3, 0.4) is 0 Å². The third kappa shape index (κ3) is 3.46. The van der Waals surface area contributed by atoms with Crippen LogP contribution in [0.2, 0.25) is 0 Å². The number of rotatable bonds is 5. The van der Waals surface area contributed by atoms with Gasteiger partial charge in [-0.2, -0.15) is 0 Å². The predicted molar refractivity (Wildman–Crippen MR) is 128 cm³/mol. The highest BCUT2D eigenvalue weighted by molar-refractivity contribution is 5.34. The summed E-state index contributed by atoms with van der Waals surface area (Å²) in [6.07, 6.45) is 13.1. The quantitative estimate of drug-likeness (QED) is 0.454. The molecule has 0 spiro atoms. The average Bonchev–Trinajstić information content (AvgIpc) is 3.06. The van der Waals surface area contributed by atoms with Crippen LogP contribution in [0.5, 0.6) is 0 Å². The Labute approximate surface area is 186 Å². The summed E-state index contributed by atoms with van der Waals surface area (Å²) in [5, 5.41) is 10.5. The van der Waals surface area contributed by atoms with Crippen LogP contribution in [-0.4, -0.2) is 11.2 Å². The average molecular weight is 413 g/mol. The Hall–Kier alpha value is -0.560. The Morgan fingerprint density at radius 2 is 1.80 bits per heavy atom. The van der Waals surface area contributed by atoms with E-state index >= 15 is 0 Å². The molecule has 1 nitrogen and oxygen atoms in total. The molecule has 1 heteroatoms. The van der Waals surface area contributed by atoms with Gasteiger partial charge in [0.05, 0.1) is 6.10 Å². The normalized spacial score (nSPS) is 45.4. The molecule has 0 heterocycles. The number of allylic oxidation sites excluding steroid dienone is 3. The van der Waals surface area contributed by atoms with Gasteiger partial charge in [0.1, 0.15) is 0 Å². The summed E-state index contributed by atoms with van der Waals surface area (Å²) >= 11 is 0. The molecule has 4 aliphatic carbocycles. The lowest BCUT2D eigenvalue weighted by molar-refractivity contribution is -0.0336. The Kier molecular flexibility index (Phi) is 6.10. The van der Waals surface area contributed by atoms with Gasteiger partial charge in [-0.3, -0.25) is 0 Å². The highest BCUT2D eigenvalue weighted by atomic mass is 16.3. The van der Waals surface area contributed by atoms with Gasteiger partial charge in [0, 0.05) is 0 Å². The molecule has 0 radical (unpaired) electrons. The fourth-order valence-electron chi connectivity index (χ4n) is 8.85. The first-order valence-electron chi connectivity index (χ1n) is 13.2. The zero-order chi connectivity index (χ0) is 21.8. The predicted octanol–water partition coefficient (Wildman–Crippen LogP) is 7.94. The van der Waals surface area contributed by atoms with E-state index in [1.54, 1.807) is 0 Å². The molecule has 4 aliphatic rings. The Morgan fingerprint density at radius 3 is 2.50 bits per heavy atom. The van der Waals surface area contributed by atoms with Crippen molar-refractivity contribution in [2.75, 3.05) is 0 Å². The van der Waals surface area contributed by atoms with E-state index in [0.717, 1.165) is 24.2 Å². The maximum atomic E-state index is 10.5. The summed E-state index contributed by atoms with van der Waals surface area (Å²) in [5.74, 6) is 4.40. The van der Waals surface area contributed by atoms with E-state index < -0.39 is 0 Å². The van der Waals surface area contributed by atoms with Gasteiger partial charge >= 0.3 is 0 Å². The number of hydrogen-bond donors (Lipinski definition) is 1. The van der Waals surface area contributed by atoms with Crippen LogP contribution in [0, 0.1) is 46.3 Å². The molecular formula is C29H48O. The first kappa shape index (κ1) is 22.6. The van der Waals surface area contributed by atoms with Crippen molar-refractivity contribution in [3.63, 3.8) is 0 Å². The highest BCUT2D eigenvalue weighted by Gasteiger charge is 2.56. The number of fused-ring (bicyclic) bond motifs is 4. The summed E-state index contributed by atoms with van der Waals surface area (Å²) in [5.41, 5.74) is 6.00. The Balaban J connectivity index is 1.54. The second-order valence-electron chi connectivity index (χ2n) is 12.6. The van der Waals surface area contributed by atoms with Crippen molar-refractivity contribution < 1.29 is 5.11 Å². The van der Waals surface area contributed by atoms with Crippen molar-refractivity contribution in [2.45, 2.75) is 112 Å². The number of aliphatic hydroxyl groups is 1. The van der Waals surface area contributed by atoms with Gasteiger partial charge in [-0.15, -0.1) is 0 Å². The fourth-order valence-corrected chi connectivity index (χ4v) is 8.85. The molecule has 9 atom stereocenters. The molecule has 30 heavy (non-hydrogen) atoms. The summed E-state index contributed by atoms with van der Waals surface area (Å²) in [6.45, 7) is 18.8. The molecular weight excluding hydrogens is 364 g/mol. The molecule has 2 saturated carbocycles. The van der Waals surface area contributed by atoms with Crippen molar-refractivity contribution >= 4 is 0 Å². The maximum Gasteiger partial charge on any atom is 0.0569 e. The molecule has 0 saturated heterocycles. The minimum atomic E-state index is -0.0719. The van der Waals surface area contributed by atoms with Gasteiger partial charge in [0.2, 0.25) is 0 Å². The molecule has 4 rings (SSSR count). The lowest BCUT2D eigenvalue weighted by atomic mass is 9.49. The minimum absolute atomic E-state index is 0.0719. The highest BCUT2D eigenvalue weighted by Crippen LogP contribution is 2.66. The monoisotopic (exact) mass is 412 g/mol. The van der Waals surface area contributed by atoms with Crippen LogP contribution >= 0.6 is 0 Å². The first-order chi connectivity index (χ1) is 14.1. The van der Waals surface area contributed by atoms with Gasteiger partial charge < -0.3 is 5.11 Å². The minimum Gasteiger partial charge on any atom is -0.393 e. The molecule has 0 amide bonds. The van der Waals surface area contributed by atoms with E-state index in [1.807, 2.05) is 11.1 Å². The third-order valence-corrected chi connectivity index (χ3v) is 11.1. The van der Waals surface area contributed by atoms with Crippen molar-refractivity contribution in [1.29, 1.82) is 0 Å². The third-order valence-electron chi connectivity index (χ3n) is 11.1. The molecule has 0 bridgehead atoms. The van der Waals surface area contributed by atoms with Crippen LogP contribution < -0.4 is 0 Å². The second-order valence-corrected chi connectivity index (χ2v) is 12.6. The van der Waals surface area contributed by atoms with Gasteiger partial charge in [0.25, 0.3) is 0 Å². The molecule has 1 N–H and O–H groups in total. The SMILES string of the molecule is C=C(C)C(C)CC[C@@H](C)[C@H]1CC[C@H]2C3=C(CC[C@]12C)[C@@]1(C)CC[C@H](O)[C@@H](C)[C@@H]1CC3. The van der Waals surface area contributed by atoms with Crippen LogP contribution in [-0.2, 0) is 0 Å². The van der Waals surface area contributed by atoms with Crippen molar-refractivity contribution in [3.8, 4) is 0 Å². The van der Waals surface area contributed by atoms with Gasteiger partial charge in [0.15, 0.2) is 0 Å². The van der Waals surface area contributed by atoms with E-state index in [0.29, 0.717) is 28.6 Å². The summed E-state index contributed by atoms with van der Waals surface area (Å²) in [4.78, 5) is 0.